The molecule has 2 N–H and O–H groups in total. The summed E-state index contributed by atoms with van der Waals surface area (Å²) in [6, 6.07) is 19.3. The molecule has 1 aliphatic heterocycles. The fraction of sp³-hybridized carbons (Fsp3) is 0.185. The molecular formula is C27H25FN4O4S. The number of aromatic nitrogens is 1. The molecule has 1 fully saturated rings. The van der Waals surface area contributed by atoms with Crippen LogP contribution in [0.3, 0.4) is 0 Å². The Bertz CT molecular complexity index is 1600. The minimum Gasteiger partial charge on any atom is -0.478 e. The number of anilines is 3. The van der Waals surface area contributed by atoms with Gasteiger partial charge in [-0.15, -0.1) is 0 Å². The highest BCUT2D eigenvalue weighted by Crippen LogP contribution is 2.29. The lowest BCUT2D eigenvalue weighted by Gasteiger charge is -2.37. The molecule has 10 heteroatoms. The van der Waals surface area contributed by atoms with Crippen LogP contribution in [-0.2, 0) is 10.0 Å². The molecule has 1 saturated heterocycles. The molecule has 0 atom stereocenters. The predicted octanol–water partition coefficient (Wildman–Crippen LogP) is 4.51. The van der Waals surface area contributed by atoms with Crippen molar-refractivity contribution in [3.8, 4) is 0 Å². The van der Waals surface area contributed by atoms with Gasteiger partial charge >= 0.3 is 5.97 Å². The molecule has 2 heterocycles. The van der Waals surface area contributed by atoms with Gasteiger partial charge in [-0.05, 0) is 61.0 Å². The van der Waals surface area contributed by atoms with Crippen LogP contribution in [0.5, 0.6) is 0 Å². The number of aryl methyl sites for hydroxylation is 1. The number of carboxylic acids is 1. The number of fused-ring (bicyclic) bond motifs is 1. The van der Waals surface area contributed by atoms with Crippen LogP contribution in [0, 0.1) is 12.7 Å². The van der Waals surface area contributed by atoms with Crippen LogP contribution < -0.4 is 14.5 Å². The summed E-state index contributed by atoms with van der Waals surface area (Å²) in [5.41, 5.74) is 2.05. The van der Waals surface area contributed by atoms with Crippen LogP contribution in [0.2, 0.25) is 0 Å². The van der Waals surface area contributed by atoms with E-state index in [0.29, 0.717) is 48.6 Å². The van der Waals surface area contributed by atoms with Crippen molar-refractivity contribution < 1.29 is 22.7 Å². The van der Waals surface area contributed by atoms with Gasteiger partial charge in [-0.3, -0.25) is 4.72 Å². The molecule has 190 valence electrons. The van der Waals surface area contributed by atoms with Gasteiger partial charge in [-0.25, -0.2) is 22.6 Å². The number of pyridine rings is 1. The number of sulfonamides is 1. The van der Waals surface area contributed by atoms with Gasteiger partial charge in [0, 0.05) is 37.3 Å². The molecule has 4 aromatic rings. The molecule has 0 spiro atoms. The largest absolute Gasteiger partial charge is 0.478 e. The van der Waals surface area contributed by atoms with Crippen LogP contribution >= 0.6 is 0 Å². The van der Waals surface area contributed by atoms with Crippen LogP contribution in [-0.4, -0.2) is 50.7 Å². The molecule has 0 bridgehead atoms. The Labute approximate surface area is 214 Å². The van der Waals surface area contributed by atoms with Crippen molar-refractivity contribution in [3.05, 3.63) is 89.7 Å². The number of hydrogen-bond acceptors (Lipinski definition) is 6. The van der Waals surface area contributed by atoms with E-state index in [1.54, 1.807) is 55.5 Å². The number of halogens is 1. The Balaban J connectivity index is 1.41. The predicted molar refractivity (Wildman–Crippen MR) is 142 cm³/mol. The van der Waals surface area contributed by atoms with Gasteiger partial charge in [0.1, 0.15) is 11.6 Å². The fourth-order valence-electron chi connectivity index (χ4n) is 4.50. The lowest BCUT2D eigenvalue weighted by molar-refractivity contribution is 0.0699. The quantitative estimate of drug-likeness (QED) is 0.386. The summed E-state index contributed by atoms with van der Waals surface area (Å²) in [4.78, 5) is 20.8. The number of aromatic carboxylic acids is 1. The summed E-state index contributed by atoms with van der Waals surface area (Å²) in [5.74, 6) is -0.912. The molecule has 8 nitrogen and oxygen atoms in total. The molecule has 5 rings (SSSR count). The number of rotatable bonds is 6. The molecule has 0 radical (unpaired) electrons. The van der Waals surface area contributed by atoms with Crippen molar-refractivity contribution in [1.29, 1.82) is 0 Å². The number of para-hydroxylation sites is 1. The van der Waals surface area contributed by atoms with Gasteiger partial charge in [0.05, 0.1) is 21.7 Å². The maximum Gasteiger partial charge on any atom is 0.336 e. The molecule has 0 amide bonds. The van der Waals surface area contributed by atoms with Crippen LogP contribution in [0.4, 0.5) is 21.6 Å². The third-order valence-electron chi connectivity index (χ3n) is 6.37. The molecule has 1 aromatic heterocycles. The first kappa shape index (κ1) is 24.5. The molecule has 0 saturated carbocycles. The molecule has 1 aliphatic rings. The SMILES string of the molecule is Cc1cccc(S(=O)(=O)Nc2ccc3nc(N4CCN(c5ccccc5F)CC4)cc(C(=O)O)c3c2)c1. The molecular weight excluding hydrogens is 495 g/mol. The van der Waals surface area contributed by atoms with Crippen molar-refractivity contribution in [2.75, 3.05) is 40.7 Å². The summed E-state index contributed by atoms with van der Waals surface area (Å²) >= 11 is 0. The van der Waals surface area contributed by atoms with Gasteiger partial charge in [0.2, 0.25) is 0 Å². The highest BCUT2D eigenvalue weighted by Gasteiger charge is 2.23. The Kier molecular flexibility index (Phi) is 6.43. The van der Waals surface area contributed by atoms with Gasteiger partial charge < -0.3 is 14.9 Å². The van der Waals surface area contributed by atoms with Crippen molar-refractivity contribution >= 4 is 44.1 Å². The smallest absolute Gasteiger partial charge is 0.336 e. The second-order valence-corrected chi connectivity index (χ2v) is 10.6. The van der Waals surface area contributed by atoms with E-state index in [1.165, 1.54) is 24.3 Å². The van der Waals surface area contributed by atoms with Crippen molar-refractivity contribution in [2.45, 2.75) is 11.8 Å². The normalized spacial score (nSPS) is 14.1. The number of nitrogens with one attached hydrogen (secondary N) is 1. The first-order chi connectivity index (χ1) is 17.7. The highest BCUT2D eigenvalue weighted by atomic mass is 32.2. The second-order valence-electron chi connectivity index (χ2n) is 8.91. The van der Waals surface area contributed by atoms with E-state index in [0.717, 1.165) is 5.56 Å². The zero-order valence-corrected chi connectivity index (χ0v) is 20.9. The maximum absolute atomic E-state index is 14.2. The number of hydrogen-bond donors (Lipinski definition) is 2. The van der Waals surface area contributed by atoms with E-state index in [4.69, 9.17) is 0 Å². The number of piperazine rings is 1. The van der Waals surface area contributed by atoms with Crippen molar-refractivity contribution in [3.63, 3.8) is 0 Å². The van der Waals surface area contributed by atoms with Gasteiger partial charge in [-0.1, -0.05) is 24.3 Å². The second kappa shape index (κ2) is 9.70. The first-order valence-electron chi connectivity index (χ1n) is 11.7. The Hall–Kier alpha value is -4.18. The fourth-order valence-corrected chi connectivity index (χ4v) is 5.65. The minimum atomic E-state index is -3.85. The van der Waals surface area contributed by atoms with E-state index in [2.05, 4.69) is 9.71 Å². The topological polar surface area (TPSA) is 103 Å². The average molecular weight is 521 g/mol. The average Bonchev–Trinajstić information content (AvgIpc) is 2.88. The Morgan fingerprint density at radius 2 is 1.68 bits per heavy atom. The number of benzene rings is 3. The third kappa shape index (κ3) is 5.05. The molecule has 0 unspecified atom stereocenters. The Morgan fingerprint density at radius 3 is 2.38 bits per heavy atom. The molecule has 37 heavy (non-hydrogen) atoms. The number of carbonyl (C=O) groups is 1. The van der Waals surface area contributed by atoms with Gasteiger partial charge in [0.25, 0.3) is 10.0 Å². The summed E-state index contributed by atoms with van der Waals surface area (Å²) in [6.07, 6.45) is 0. The van der Waals surface area contributed by atoms with E-state index < -0.39 is 16.0 Å². The lowest BCUT2D eigenvalue weighted by Crippen LogP contribution is -2.47. The first-order valence-corrected chi connectivity index (χ1v) is 13.2. The van der Waals surface area contributed by atoms with Gasteiger partial charge in [-0.2, -0.15) is 0 Å². The van der Waals surface area contributed by atoms with E-state index in [-0.39, 0.29) is 22.0 Å². The van der Waals surface area contributed by atoms with E-state index in [9.17, 15) is 22.7 Å². The maximum atomic E-state index is 14.2. The standard InChI is InChI=1S/C27H25FN4O4S/c1-18-5-4-6-20(15-18)37(35,36)30-19-9-10-24-21(16-19)22(27(33)34)17-26(29-24)32-13-11-31(12-14-32)25-8-3-2-7-23(25)28/h2-10,15-17,30H,11-14H2,1H3,(H,33,34). The highest BCUT2D eigenvalue weighted by molar-refractivity contribution is 7.92. The summed E-state index contributed by atoms with van der Waals surface area (Å²) in [5, 5.41) is 10.2. The molecule has 0 aliphatic carbocycles. The van der Waals surface area contributed by atoms with Crippen molar-refractivity contribution in [2.24, 2.45) is 0 Å². The van der Waals surface area contributed by atoms with Crippen LogP contribution in [0.1, 0.15) is 15.9 Å². The van der Waals surface area contributed by atoms with Crippen LogP contribution in [0.25, 0.3) is 10.9 Å². The van der Waals surface area contributed by atoms with E-state index >= 15 is 0 Å². The summed E-state index contributed by atoms with van der Waals surface area (Å²) in [7, 11) is -3.85. The van der Waals surface area contributed by atoms with Crippen molar-refractivity contribution in [1.82, 2.24) is 4.98 Å². The monoisotopic (exact) mass is 520 g/mol. The minimum absolute atomic E-state index is 0.0214. The van der Waals surface area contributed by atoms with Gasteiger partial charge in [0.15, 0.2) is 0 Å². The molecule has 3 aromatic carbocycles. The van der Waals surface area contributed by atoms with E-state index in [1.807, 2.05) is 9.80 Å². The summed E-state index contributed by atoms with van der Waals surface area (Å²) in [6.45, 7) is 4.00. The zero-order valence-electron chi connectivity index (χ0n) is 20.1. The lowest BCUT2D eigenvalue weighted by atomic mass is 10.1. The summed E-state index contributed by atoms with van der Waals surface area (Å²) < 4.78 is 42.4. The number of carboxylic acid groups (broad SMARTS) is 1. The Morgan fingerprint density at radius 1 is 0.946 bits per heavy atom. The zero-order chi connectivity index (χ0) is 26.2. The third-order valence-corrected chi connectivity index (χ3v) is 7.75. The number of nitrogens with zero attached hydrogens (tertiary/aromatic N) is 3. The van der Waals surface area contributed by atoms with Crippen LogP contribution in [0.15, 0.2) is 77.7 Å².